The van der Waals surface area contributed by atoms with Gasteiger partial charge < -0.3 is 14.5 Å². The highest BCUT2D eigenvalue weighted by molar-refractivity contribution is 5.26. The van der Waals surface area contributed by atoms with Crippen LogP contribution in [0.3, 0.4) is 0 Å². The zero-order chi connectivity index (χ0) is 15.1. The Morgan fingerprint density at radius 3 is 2.86 bits per heavy atom. The smallest absolute Gasteiger partial charge is 0.138 e. The van der Waals surface area contributed by atoms with Gasteiger partial charge in [-0.1, -0.05) is 6.92 Å². The van der Waals surface area contributed by atoms with E-state index in [1.165, 1.54) is 0 Å². The second-order valence-electron chi connectivity index (χ2n) is 5.35. The van der Waals surface area contributed by atoms with Crippen molar-refractivity contribution in [1.29, 1.82) is 0 Å². The van der Waals surface area contributed by atoms with Crippen molar-refractivity contribution in [1.82, 2.24) is 10.3 Å². The summed E-state index contributed by atoms with van der Waals surface area (Å²) in [5.74, 6) is 1.84. The fourth-order valence-corrected chi connectivity index (χ4v) is 2.34. The number of aromatic nitrogens is 1. The molecule has 0 aliphatic carbocycles. The lowest BCUT2D eigenvalue weighted by atomic mass is 10.0. The van der Waals surface area contributed by atoms with Crippen molar-refractivity contribution < 1.29 is 9.15 Å². The zero-order valence-electron chi connectivity index (χ0n) is 13.0. The third-order valence-electron chi connectivity index (χ3n) is 3.22. The normalized spacial score (nSPS) is 12.6. The summed E-state index contributed by atoms with van der Waals surface area (Å²) in [6, 6.07) is 6.27. The molecule has 2 aromatic rings. The van der Waals surface area contributed by atoms with Crippen LogP contribution >= 0.6 is 0 Å². The summed E-state index contributed by atoms with van der Waals surface area (Å²) in [5.41, 5.74) is 1.15. The monoisotopic (exact) mass is 288 g/mol. The molecule has 114 valence electrons. The molecular weight excluding hydrogens is 264 g/mol. The first-order valence-electron chi connectivity index (χ1n) is 7.56. The number of nitrogens with one attached hydrogen (secondary N) is 1. The third kappa shape index (κ3) is 4.90. The van der Waals surface area contributed by atoms with Gasteiger partial charge in [-0.3, -0.25) is 4.98 Å². The highest BCUT2D eigenvalue weighted by Crippen LogP contribution is 2.23. The largest absolute Gasteiger partial charge is 0.489 e. The van der Waals surface area contributed by atoms with Crippen LogP contribution < -0.4 is 10.1 Å². The minimum atomic E-state index is 0.155. The average molecular weight is 288 g/mol. The van der Waals surface area contributed by atoms with E-state index in [0.29, 0.717) is 0 Å². The van der Waals surface area contributed by atoms with E-state index >= 15 is 0 Å². The van der Waals surface area contributed by atoms with Crippen LogP contribution in [0.25, 0.3) is 0 Å². The number of aryl methyl sites for hydroxylation is 1. The van der Waals surface area contributed by atoms with E-state index in [2.05, 4.69) is 23.3 Å². The van der Waals surface area contributed by atoms with Gasteiger partial charge in [0.1, 0.15) is 11.5 Å². The Hall–Kier alpha value is -1.81. The Morgan fingerprint density at radius 2 is 2.19 bits per heavy atom. The van der Waals surface area contributed by atoms with Crippen LogP contribution in [0.2, 0.25) is 0 Å². The van der Waals surface area contributed by atoms with Crippen LogP contribution in [0, 0.1) is 0 Å². The molecule has 2 rings (SSSR count). The maximum absolute atomic E-state index is 5.72. The minimum absolute atomic E-state index is 0.155. The molecule has 1 atom stereocenters. The van der Waals surface area contributed by atoms with Gasteiger partial charge >= 0.3 is 0 Å². The molecule has 0 radical (unpaired) electrons. The molecule has 4 nitrogen and oxygen atoms in total. The molecule has 21 heavy (non-hydrogen) atoms. The van der Waals surface area contributed by atoms with Gasteiger partial charge in [0.05, 0.1) is 18.6 Å². The molecule has 0 bridgehead atoms. The molecule has 1 N–H and O–H groups in total. The number of nitrogens with zero attached hydrogens (tertiary/aromatic N) is 1. The van der Waals surface area contributed by atoms with Crippen molar-refractivity contribution in [3.05, 3.63) is 48.2 Å². The molecule has 0 saturated heterocycles. The highest BCUT2D eigenvalue weighted by atomic mass is 16.5. The van der Waals surface area contributed by atoms with Gasteiger partial charge in [0.15, 0.2) is 0 Å². The van der Waals surface area contributed by atoms with Crippen molar-refractivity contribution in [2.45, 2.75) is 45.8 Å². The summed E-state index contributed by atoms with van der Waals surface area (Å²) in [4.78, 5) is 4.30. The molecule has 0 aliphatic heterocycles. The summed E-state index contributed by atoms with van der Waals surface area (Å²) in [5, 5.41) is 3.50. The predicted octanol–water partition coefficient (Wildman–Crippen LogP) is 3.75. The van der Waals surface area contributed by atoms with Crippen LogP contribution in [-0.2, 0) is 6.42 Å². The van der Waals surface area contributed by atoms with E-state index < -0.39 is 0 Å². The maximum atomic E-state index is 5.72. The standard InChI is InChI=1S/C17H24N2O2/c1-4-19-17(8-7-15-6-5-9-20-15)14-10-16(12-18-11-14)21-13(2)3/h5-6,9-13,17,19H,4,7-8H2,1-3H3. The number of hydrogen-bond acceptors (Lipinski definition) is 4. The first-order chi connectivity index (χ1) is 10.2. The van der Waals surface area contributed by atoms with E-state index in [-0.39, 0.29) is 12.1 Å². The van der Waals surface area contributed by atoms with E-state index in [9.17, 15) is 0 Å². The molecule has 0 aromatic carbocycles. The molecule has 2 aromatic heterocycles. The van der Waals surface area contributed by atoms with Crippen molar-refractivity contribution in [3.8, 4) is 5.75 Å². The SMILES string of the molecule is CCNC(CCc1ccco1)c1cncc(OC(C)C)c1. The van der Waals surface area contributed by atoms with Gasteiger partial charge in [-0.15, -0.1) is 0 Å². The van der Waals surface area contributed by atoms with Crippen molar-refractivity contribution in [2.24, 2.45) is 0 Å². The quantitative estimate of drug-likeness (QED) is 0.803. The van der Waals surface area contributed by atoms with E-state index in [1.807, 2.05) is 32.2 Å². The number of pyridine rings is 1. The Morgan fingerprint density at radius 1 is 1.33 bits per heavy atom. The summed E-state index contributed by atoms with van der Waals surface area (Å²) in [6.07, 6.45) is 7.41. The number of furan rings is 1. The molecule has 2 heterocycles. The molecule has 0 spiro atoms. The molecule has 0 fully saturated rings. The summed E-state index contributed by atoms with van der Waals surface area (Å²) in [7, 11) is 0. The van der Waals surface area contributed by atoms with Gasteiger partial charge in [0.25, 0.3) is 0 Å². The second kappa shape index (κ2) is 7.84. The lowest BCUT2D eigenvalue weighted by Gasteiger charge is -2.19. The fraction of sp³-hybridized carbons (Fsp3) is 0.471. The summed E-state index contributed by atoms with van der Waals surface area (Å²) in [6.45, 7) is 7.07. The van der Waals surface area contributed by atoms with Gasteiger partial charge in [-0.05, 0) is 50.6 Å². The van der Waals surface area contributed by atoms with Crippen molar-refractivity contribution in [2.75, 3.05) is 6.54 Å². The summed E-state index contributed by atoms with van der Waals surface area (Å²) >= 11 is 0. The van der Waals surface area contributed by atoms with E-state index in [4.69, 9.17) is 9.15 Å². The van der Waals surface area contributed by atoms with Crippen LogP contribution in [0.5, 0.6) is 5.75 Å². The Balaban J connectivity index is 2.05. The molecular formula is C17H24N2O2. The molecule has 0 aliphatic rings. The predicted molar refractivity (Wildman–Crippen MR) is 83.4 cm³/mol. The molecule has 0 amide bonds. The zero-order valence-corrected chi connectivity index (χ0v) is 13.0. The number of hydrogen-bond donors (Lipinski definition) is 1. The van der Waals surface area contributed by atoms with E-state index in [0.717, 1.165) is 36.5 Å². The average Bonchev–Trinajstić information content (AvgIpc) is 2.96. The molecule has 0 saturated carbocycles. The van der Waals surface area contributed by atoms with Crippen LogP contribution in [0.4, 0.5) is 0 Å². The van der Waals surface area contributed by atoms with Gasteiger partial charge in [-0.25, -0.2) is 0 Å². The highest BCUT2D eigenvalue weighted by Gasteiger charge is 2.13. The van der Waals surface area contributed by atoms with Gasteiger partial charge in [0.2, 0.25) is 0 Å². The summed E-state index contributed by atoms with van der Waals surface area (Å²) < 4.78 is 11.1. The third-order valence-corrected chi connectivity index (χ3v) is 3.22. The van der Waals surface area contributed by atoms with Crippen LogP contribution in [0.15, 0.2) is 41.3 Å². The van der Waals surface area contributed by atoms with Gasteiger partial charge in [0, 0.05) is 18.7 Å². The van der Waals surface area contributed by atoms with Crippen molar-refractivity contribution in [3.63, 3.8) is 0 Å². The lowest BCUT2D eigenvalue weighted by Crippen LogP contribution is -2.21. The molecule has 4 heteroatoms. The molecule has 1 unspecified atom stereocenters. The lowest BCUT2D eigenvalue weighted by molar-refractivity contribution is 0.241. The first kappa shape index (κ1) is 15.6. The van der Waals surface area contributed by atoms with Crippen LogP contribution in [0.1, 0.15) is 44.6 Å². The minimum Gasteiger partial charge on any atom is -0.489 e. The van der Waals surface area contributed by atoms with E-state index in [1.54, 1.807) is 12.5 Å². The fourth-order valence-electron chi connectivity index (χ4n) is 2.34. The Bertz CT molecular complexity index is 523. The van der Waals surface area contributed by atoms with Crippen molar-refractivity contribution >= 4 is 0 Å². The second-order valence-corrected chi connectivity index (χ2v) is 5.35. The Kier molecular flexibility index (Phi) is 5.81. The topological polar surface area (TPSA) is 47.3 Å². The maximum Gasteiger partial charge on any atom is 0.138 e. The van der Waals surface area contributed by atoms with Gasteiger partial charge in [-0.2, -0.15) is 0 Å². The number of ether oxygens (including phenoxy) is 1. The first-order valence-corrected chi connectivity index (χ1v) is 7.56. The Labute approximate surface area is 126 Å². The van der Waals surface area contributed by atoms with Crippen LogP contribution in [-0.4, -0.2) is 17.6 Å². The number of rotatable bonds is 8.